The van der Waals surface area contributed by atoms with E-state index in [0.29, 0.717) is 5.92 Å². The van der Waals surface area contributed by atoms with Gasteiger partial charge in [-0.1, -0.05) is 19.9 Å². The Bertz CT molecular complexity index is 343. The lowest BCUT2D eigenvalue weighted by Crippen LogP contribution is -1.98. The normalized spacial score (nSPS) is 10.8. The summed E-state index contributed by atoms with van der Waals surface area (Å²) in [5.41, 5.74) is 3.83. The van der Waals surface area contributed by atoms with Gasteiger partial charge in [-0.25, -0.2) is 0 Å². The Hall–Kier alpha value is -0.500. The van der Waals surface area contributed by atoms with Crippen molar-refractivity contribution < 1.29 is 4.74 Å². The lowest BCUT2D eigenvalue weighted by molar-refractivity contribution is 0.404. The summed E-state index contributed by atoms with van der Waals surface area (Å²) < 4.78 is 6.51. The van der Waals surface area contributed by atoms with Gasteiger partial charge < -0.3 is 4.74 Å². The van der Waals surface area contributed by atoms with Crippen LogP contribution in [-0.4, -0.2) is 7.11 Å². The van der Waals surface area contributed by atoms with Gasteiger partial charge in [0, 0.05) is 0 Å². The van der Waals surface area contributed by atoms with E-state index in [2.05, 4.69) is 49.7 Å². The van der Waals surface area contributed by atoms with Gasteiger partial charge in [0.05, 0.1) is 11.6 Å². The van der Waals surface area contributed by atoms with Crippen LogP contribution in [-0.2, 0) is 0 Å². The third kappa shape index (κ3) is 1.95. The number of halogens is 1. The molecule has 0 aliphatic rings. The molecule has 0 N–H and O–H groups in total. The summed E-state index contributed by atoms with van der Waals surface area (Å²) in [7, 11) is 1.72. The zero-order chi connectivity index (χ0) is 10.9. The second-order valence-corrected chi connectivity index (χ2v) is 4.70. The molecule has 0 atom stereocenters. The average molecular weight is 257 g/mol. The van der Waals surface area contributed by atoms with Gasteiger partial charge in [-0.3, -0.25) is 0 Å². The van der Waals surface area contributed by atoms with Crippen LogP contribution in [0.25, 0.3) is 0 Å². The fraction of sp³-hybridized carbons (Fsp3) is 0.500. The molecule has 0 radical (unpaired) electrons. The van der Waals surface area contributed by atoms with Crippen molar-refractivity contribution in [2.24, 2.45) is 0 Å². The van der Waals surface area contributed by atoms with Crippen molar-refractivity contribution in [3.63, 3.8) is 0 Å². The molecule has 0 amide bonds. The van der Waals surface area contributed by atoms with E-state index in [4.69, 9.17) is 4.74 Å². The van der Waals surface area contributed by atoms with Crippen LogP contribution >= 0.6 is 15.9 Å². The lowest BCUT2D eigenvalue weighted by atomic mass is 9.97. The van der Waals surface area contributed by atoms with Crippen LogP contribution < -0.4 is 4.74 Å². The molecule has 1 aromatic rings. The molecule has 2 heteroatoms. The predicted molar refractivity (Wildman–Crippen MR) is 64.3 cm³/mol. The molecule has 0 spiro atoms. The van der Waals surface area contributed by atoms with Crippen molar-refractivity contribution >= 4 is 15.9 Å². The van der Waals surface area contributed by atoms with Crippen LogP contribution in [0.2, 0.25) is 0 Å². The molecule has 0 aromatic heterocycles. The molecule has 0 saturated carbocycles. The van der Waals surface area contributed by atoms with Gasteiger partial charge >= 0.3 is 0 Å². The summed E-state index contributed by atoms with van der Waals surface area (Å²) in [6, 6.07) is 2.21. The SMILES string of the molecule is COc1c(C(C)C)cc(C)c(C)c1Br. The summed E-state index contributed by atoms with van der Waals surface area (Å²) in [6.45, 7) is 8.59. The average Bonchev–Trinajstić information content (AvgIpc) is 2.13. The molecule has 14 heavy (non-hydrogen) atoms. The number of hydrogen-bond acceptors (Lipinski definition) is 1. The number of hydrogen-bond donors (Lipinski definition) is 0. The maximum Gasteiger partial charge on any atom is 0.136 e. The molecule has 0 unspecified atom stereocenters. The minimum atomic E-state index is 0.487. The standard InChI is InChI=1S/C12H17BrO/c1-7(2)10-6-8(3)9(4)11(13)12(10)14-5/h6-7H,1-5H3. The third-order valence-electron chi connectivity index (χ3n) is 2.58. The molecule has 0 bridgehead atoms. The van der Waals surface area contributed by atoms with Crippen molar-refractivity contribution in [1.29, 1.82) is 0 Å². The Kier molecular flexibility index (Phi) is 3.59. The summed E-state index contributed by atoms with van der Waals surface area (Å²) in [4.78, 5) is 0. The first-order valence-electron chi connectivity index (χ1n) is 4.82. The van der Waals surface area contributed by atoms with Crippen LogP contribution in [0.1, 0.15) is 36.5 Å². The van der Waals surface area contributed by atoms with E-state index in [-0.39, 0.29) is 0 Å². The van der Waals surface area contributed by atoms with Crippen LogP contribution in [0.4, 0.5) is 0 Å². The quantitative estimate of drug-likeness (QED) is 0.771. The topological polar surface area (TPSA) is 9.23 Å². The Morgan fingerprint density at radius 3 is 2.29 bits per heavy atom. The van der Waals surface area contributed by atoms with Gasteiger partial charge in [-0.05, 0) is 52.4 Å². The molecule has 0 aliphatic carbocycles. The Morgan fingerprint density at radius 2 is 1.86 bits per heavy atom. The molecule has 0 aliphatic heterocycles. The number of methoxy groups -OCH3 is 1. The van der Waals surface area contributed by atoms with Crippen LogP contribution in [0.15, 0.2) is 10.5 Å². The Labute approximate surface area is 94.6 Å². The van der Waals surface area contributed by atoms with Crippen LogP contribution in [0, 0.1) is 13.8 Å². The summed E-state index contributed by atoms with van der Waals surface area (Å²) in [6.07, 6.45) is 0. The minimum Gasteiger partial charge on any atom is -0.495 e. The highest BCUT2D eigenvalue weighted by Crippen LogP contribution is 2.37. The highest BCUT2D eigenvalue weighted by molar-refractivity contribution is 9.10. The monoisotopic (exact) mass is 256 g/mol. The first-order valence-corrected chi connectivity index (χ1v) is 5.62. The van der Waals surface area contributed by atoms with Crippen LogP contribution in [0.3, 0.4) is 0 Å². The van der Waals surface area contributed by atoms with Crippen molar-refractivity contribution in [2.75, 3.05) is 7.11 Å². The second-order valence-electron chi connectivity index (χ2n) is 3.91. The molecule has 1 nitrogen and oxygen atoms in total. The minimum absolute atomic E-state index is 0.487. The van der Waals surface area contributed by atoms with Crippen LogP contribution in [0.5, 0.6) is 5.75 Å². The summed E-state index contributed by atoms with van der Waals surface area (Å²) in [5, 5.41) is 0. The molecule has 78 valence electrons. The molecule has 0 saturated heterocycles. The number of aryl methyl sites for hydroxylation is 1. The zero-order valence-corrected chi connectivity index (χ0v) is 11.0. The summed E-state index contributed by atoms with van der Waals surface area (Å²) in [5.74, 6) is 1.46. The smallest absolute Gasteiger partial charge is 0.136 e. The van der Waals surface area contributed by atoms with Gasteiger partial charge in [0.1, 0.15) is 5.75 Å². The maximum absolute atomic E-state index is 5.43. The molecule has 1 rings (SSSR count). The highest BCUT2D eigenvalue weighted by Gasteiger charge is 2.14. The van der Waals surface area contributed by atoms with Crippen molar-refractivity contribution in [1.82, 2.24) is 0 Å². The number of ether oxygens (including phenoxy) is 1. The van der Waals surface area contributed by atoms with Crippen molar-refractivity contribution in [3.05, 3.63) is 27.2 Å². The molecule has 1 aromatic carbocycles. The van der Waals surface area contributed by atoms with E-state index in [0.717, 1.165) is 10.2 Å². The first-order chi connectivity index (χ1) is 6.49. The van der Waals surface area contributed by atoms with Crippen molar-refractivity contribution in [2.45, 2.75) is 33.6 Å². The summed E-state index contributed by atoms with van der Waals surface area (Å²) >= 11 is 3.59. The largest absolute Gasteiger partial charge is 0.495 e. The molecular weight excluding hydrogens is 240 g/mol. The number of rotatable bonds is 2. The number of benzene rings is 1. The van der Waals surface area contributed by atoms with Gasteiger partial charge in [-0.15, -0.1) is 0 Å². The van der Waals surface area contributed by atoms with E-state index in [9.17, 15) is 0 Å². The lowest BCUT2D eigenvalue weighted by Gasteiger charge is -2.17. The Morgan fingerprint density at radius 1 is 1.29 bits per heavy atom. The predicted octanol–water partition coefficient (Wildman–Crippen LogP) is 4.20. The van der Waals surface area contributed by atoms with Gasteiger partial charge in [0.15, 0.2) is 0 Å². The van der Waals surface area contributed by atoms with E-state index in [1.807, 2.05) is 0 Å². The van der Waals surface area contributed by atoms with Gasteiger partial charge in [0.2, 0.25) is 0 Å². The maximum atomic E-state index is 5.43. The second kappa shape index (κ2) is 4.35. The first kappa shape index (κ1) is 11.6. The highest BCUT2D eigenvalue weighted by atomic mass is 79.9. The Balaban J connectivity index is 3.43. The third-order valence-corrected chi connectivity index (χ3v) is 3.54. The molecular formula is C12H17BrO. The zero-order valence-electron chi connectivity index (χ0n) is 9.44. The fourth-order valence-electron chi connectivity index (χ4n) is 1.51. The van der Waals surface area contributed by atoms with Crippen molar-refractivity contribution in [3.8, 4) is 5.75 Å². The fourth-order valence-corrected chi connectivity index (χ4v) is 2.22. The van der Waals surface area contributed by atoms with Gasteiger partial charge in [0.25, 0.3) is 0 Å². The van der Waals surface area contributed by atoms with E-state index in [1.54, 1.807) is 7.11 Å². The molecule has 0 heterocycles. The van der Waals surface area contributed by atoms with Gasteiger partial charge in [-0.2, -0.15) is 0 Å². The van der Waals surface area contributed by atoms with E-state index < -0.39 is 0 Å². The molecule has 0 fully saturated rings. The van der Waals surface area contributed by atoms with E-state index in [1.165, 1.54) is 16.7 Å². The van der Waals surface area contributed by atoms with E-state index >= 15 is 0 Å².